The molecule has 2 aromatic heterocycles. The van der Waals surface area contributed by atoms with Crippen molar-refractivity contribution in [2.75, 3.05) is 0 Å². The second kappa shape index (κ2) is 4.08. The minimum Gasteiger partial charge on any atom is -0.292 e. The van der Waals surface area contributed by atoms with Gasteiger partial charge in [-0.05, 0) is 18.5 Å². The van der Waals surface area contributed by atoms with Gasteiger partial charge in [-0.15, -0.1) is 10.2 Å². The van der Waals surface area contributed by atoms with Gasteiger partial charge in [-0.1, -0.05) is 11.3 Å². The first-order chi connectivity index (χ1) is 7.15. The molecular formula is C8H7ClN4OS. The fourth-order valence-electron chi connectivity index (χ4n) is 1.08. The summed E-state index contributed by atoms with van der Waals surface area (Å²) in [6, 6.07) is 1.47. The maximum Gasteiger partial charge on any atom is 0.253 e. The molecule has 0 atom stereocenters. The zero-order valence-electron chi connectivity index (χ0n) is 7.85. The largest absolute Gasteiger partial charge is 0.292 e. The fourth-order valence-corrected chi connectivity index (χ4v) is 1.94. The molecular weight excluding hydrogens is 236 g/mol. The van der Waals surface area contributed by atoms with Crippen LogP contribution >= 0.6 is 22.9 Å². The smallest absolute Gasteiger partial charge is 0.253 e. The Bertz CT molecular complexity index is 535. The van der Waals surface area contributed by atoms with Crippen molar-refractivity contribution >= 4 is 22.9 Å². The first-order valence-corrected chi connectivity index (χ1v) is 5.35. The van der Waals surface area contributed by atoms with E-state index in [1.165, 1.54) is 28.3 Å². The van der Waals surface area contributed by atoms with Crippen molar-refractivity contribution in [3.63, 3.8) is 0 Å². The molecule has 0 radical (unpaired) electrons. The summed E-state index contributed by atoms with van der Waals surface area (Å²) in [7, 11) is 0. The predicted molar refractivity (Wildman–Crippen MR) is 57.3 cm³/mol. The van der Waals surface area contributed by atoms with Gasteiger partial charge < -0.3 is 0 Å². The highest BCUT2D eigenvalue weighted by molar-refractivity contribution is 7.15. The minimum atomic E-state index is -0.103. The number of nitrogens with zero attached hydrogens (tertiary/aromatic N) is 4. The van der Waals surface area contributed by atoms with Crippen molar-refractivity contribution in [2.24, 2.45) is 0 Å². The average Bonchev–Trinajstić information content (AvgIpc) is 2.56. The van der Waals surface area contributed by atoms with Crippen LogP contribution in [0.15, 0.2) is 17.2 Å². The number of hydrogen-bond acceptors (Lipinski definition) is 5. The van der Waals surface area contributed by atoms with Gasteiger partial charge in [0.2, 0.25) is 4.47 Å². The molecule has 5 nitrogen and oxygen atoms in total. The lowest BCUT2D eigenvalue weighted by Crippen LogP contribution is -2.20. The third kappa shape index (κ3) is 2.40. The fraction of sp³-hybridized carbons (Fsp3) is 0.250. The van der Waals surface area contributed by atoms with E-state index in [2.05, 4.69) is 15.2 Å². The maximum atomic E-state index is 11.5. The summed E-state index contributed by atoms with van der Waals surface area (Å²) in [5, 5.41) is 8.17. The van der Waals surface area contributed by atoms with Crippen molar-refractivity contribution in [2.45, 2.75) is 13.5 Å². The molecule has 0 spiro atoms. The number of rotatable bonds is 2. The van der Waals surface area contributed by atoms with Crippen molar-refractivity contribution in [1.82, 2.24) is 19.7 Å². The summed E-state index contributed by atoms with van der Waals surface area (Å²) in [5.41, 5.74) is 0.598. The third-order valence-electron chi connectivity index (χ3n) is 1.76. The molecule has 0 amide bonds. The van der Waals surface area contributed by atoms with Gasteiger partial charge in [-0.2, -0.15) is 0 Å². The molecule has 0 aliphatic rings. The Morgan fingerprint density at radius 1 is 1.53 bits per heavy atom. The van der Waals surface area contributed by atoms with E-state index in [9.17, 15) is 4.79 Å². The molecule has 0 aromatic carbocycles. The van der Waals surface area contributed by atoms with E-state index in [1.807, 2.05) is 0 Å². The van der Waals surface area contributed by atoms with Gasteiger partial charge in [0, 0.05) is 11.8 Å². The molecule has 0 unspecified atom stereocenters. The van der Waals surface area contributed by atoms with Crippen LogP contribution in [0.4, 0.5) is 0 Å². The van der Waals surface area contributed by atoms with Crippen molar-refractivity contribution in [3.8, 4) is 0 Å². The highest BCUT2D eigenvalue weighted by atomic mass is 35.5. The summed E-state index contributed by atoms with van der Waals surface area (Å²) in [6.45, 7) is 2.13. The van der Waals surface area contributed by atoms with E-state index in [0.29, 0.717) is 21.7 Å². The quantitative estimate of drug-likeness (QED) is 0.791. The molecule has 2 heterocycles. The van der Waals surface area contributed by atoms with Gasteiger partial charge >= 0.3 is 0 Å². The Morgan fingerprint density at radius 3 is 2.93 bits per heavy atom. The van der Waals surface area contributed by atoms with Gasteiger partial charge in [0.05, 0.1) is 12.9 Å². The van der Waals surface area contributed by atoms with E-state index >= 15 is 0 Å². The van der Waals surface area contributed by atoms with Crippen LogP contribution in [0.5, 0.6) is 0 Å². The number of aryl methyl sites for hydroxylation is 1. The normalized spacial score (nSPS) is 10.5. The lowest BCUT2D eigenvalue weighted by Gasteiger charge is -2.00. The highest BCUT2D eigenvalue weighted by Gasteiger charge is 2.04. The van der Waals surface area contributed by atoms with Crippen LogP contribution in [-0.4, -0.2) is 19.7 Å². The van der Waals surface area contributed by atoms with Crippen molar-refractivity contribution in [1.29, 1.82) is 0 Å². The first-order valence-electron chi connectivity index (χ1n) is 4.16. The summed E-state index contributed by atoms with van der Waals surface area (Å²) in [4.78, 5) is 15.5. The van der Waals surface area contributed by atoms with E-state index < -0.39 is 0 Å². The number of halogens is 1. The second-order valence-corrected chi connectivity index (χ2v) is 4.59. The summed E-state index contributed by atoms with van der Waals surface area (Å²) < 4.78 is 1.84. The molecule has 0 fully saturated rings. The first kappa shape index (κ1) is 10.3. The van der Waals surface area contributed by atoms with E-state index in [1.54, 1.807) is 6.92 Å². The minimum absolute atomic E-state index is 0.103. The molecule has 2 rings (SSSR count). The van der Waals surface area contributed by atoms with Gasteiger partial charge in [0.1, 0.15) is 5.01 Å². The van der Waals surface area contributed by atoms with Crippen LogP contribution in [0.25, 0.3) is 0 Å². The van der Waals surface area contributed by atoms with Crippen LogP contribution in [-0.2, 0) is 6.54 Å². The Hall–Kier alpha value is -1.27. The Labute approximate surface area is 94.4 Å². The molecule has 0 bridgehead atoms. The average molecular weight is 243 g/mol. The van der Waals surface area contributed by atoms with Crippen molar-refractivity contribution in [3.05, 3.63) is 37.9 Å². The predicted octanol–water partition coefficient (Wildman–Crippen LogP) is 1.10. The standard InChI is InChI=1S/C8H7ClN4OS/c1-5-2-7(14)13(4-10-5)3-6-11-12-8(9)15-6/h2,4H,3H2,1H3. The molecule has 78 valence electrons. The zero-order chi connectivity index (χ0) is 10.8. The van der Waals surface area contributed by atoms with E-state index in [0.717, 1.165) is 0 Å². The highest BCUT2D eigenvalue weighted by Crippen LogP contribution is 2.14. The topological polar surface area (TPSA) is 60.7 Å². The SMILES string of the molecule is Cc1cc(=O)n(Cc2nnc(Cl)s2)cn1. The molecule has 0 N–H and O–H groups in total. The van der Waals surface area contributed by atoms with Crippen LogP contribution in [0, 0.1) is 6.92 Å². The third-order valence-corrected chi connectivity index (χ3v) is 2.77. The molecule has 0 saturated heterocycles. The Morgan fingerprint density at radius 2 is 2.33 bits per heavy atom. The lowest BCUT2D eigenvalue weighted by atomic mass is 10.4. The Balaban J connectivity index is 2.28. The molecule has 2 aromatic rings. The monoisotopic (exact) mass is 242 g/mol. The maximum absolute atomic E-state index is 11.5. The summed E-state index contributed by atoms with van der Waals surface area (Å²) in [5.74, 6) is 0. The van der Waals surface area contributed by atoms with Crippen LogP contribution < -0.4 is 5.56 Å². The molecule has 7 heteroatoms. The molecule has 15 heavy (non-hydrogen) atoms. The van der Waals surface area contributed by atoms with Crippen LogP contribution in [0.2, 0.25) is 4.47 Å². The van der Waals surface area contributed by atoms with Crippen LogP contribution in [0.1, 0.15) is 10.7 Å². The zero-order valence-corrected chi connectivity index (χ0v) is 9.42. The van der Waals surface area contributed by atoms with Gasteiger partial charge in [-0.3, -0.25) is 9.36 Å². The Kier molecular flexibility index (Phi) is 2.79. The number of hydrogen-bond donors (Lipinski definition) is 0. The summed E-state index contributed by atoms with van der Waals surface area (Å²) in [6.07, 6.45) is 1.49. The van der Waals surface area contributed by atoms with Crippen LogP contribution in [0.3, 0.4) is 0 Å². The summed E-state index contributed by atoms with van der Waals surface area (Å²) >= 11 is 6.88. The lowest BCUT2D eigenvalue weighted by molar-refractivity contribution is 0.718. The van der Waals surface area contributed by atoms with Gasteiger partial charge in [0.25, 0.3) is 5.56 Å². The van der Waals surface area contributed by atoms with E-state index in [4.69, 9.17) is 11.6 Å². The van der Waals surface area contributed by atoms with Gasteiger partial charge in [0.15, 0.2) is 0 Å². The second-order valence-electron chi connectivity index (χ2n) is 2.95. The molecule has 0 saturated carbocycles. The van der Waals surface area contributed by atoms with Gasteiger partial charge in [-0.25, -0.2) is 4.98 Å². The number of aromatic nitrogens is 4. The molecule has 0 aliphatic heterocycles. The van der Waals surface area contributed by atoms with E-state index in [-0.39, 0.29) is 5.56 Å². The molecule has 0 aliphatic carbocycles. The van der Waals surface area contributed by atoms with Crippen molar-refractivity contribution < 1.29 is 0 Å².